The topological polar surface area (TPSA) is 41.6 Å². The molecule has 1 N–H and O–H groups in total. The summed E-state index contributed by atoms with van der Waals surface area (Å²) in [5, 5.41) is 3.78. The fourth-order valence-corrected chi connectivity index (χ4v) is 8.80. The van der Waals surface area contributed by atoms with Crippen molar-refractivity contribution in [3.63, 3.8) is 0 Å². The third-order valence-electron chi connectivity index (χ3n) is 10.7. The van der Waals surface area contributed by atoms with Crippen LogP contribution in [0.15, 0.2) is 0 Å². The van der Waals surface area contributed by atoms with Crippen molar-refractivity contribution in [2.75, 3.05) is 6.54 Å². The van der Waals surface area contributed by atoms with E-state index in [4.69, 9.17) is 4.74 Å². The Kier molecular flexibility index (Phi) is 19.3. The van der Waals surface area contributed by atoms with Crippen molar-refractivity contribution < 1.29 is 9.53 Å². The maximum Gasteiger partial charge on any atom is 0.257 e. The van der Waals surface area contributed by atoms with Gasteiger partial charge in [-0.2, -0.15) is 0 Å². The number of carbonyl (C=O) groups is 1. The van der Waals surface area contributed by atoms with Crippen LogP contribution in [0.3, 0.4) is 0 Å². The Morgan fingerprint density at radius 2 is 0.867 bits per heavy atom. The predicted molar refractivity (Wildman–Crippen MR) is 196 cm³/mol. The van der Waals surface area contributed by atoms with Gasteiger partial charge in [-0.05, 0) is 53.9 Å². The van der Waals surface area contributed by atoms with Crippen molar-refractivity contribution in [1.29, 1.82) is 0 Å². The number of amides is 1. The number of hydrogen-bond acceptors (Lipinski definition) is 3. The normalized spacial score (nSPS) is 22.1. The fraction of sp³-hybridized carbons (Fsp3) is 0.976. The standard InChI is InChI=1S/C41H80N2O2/c1-8-10-12-14-16-18-19-20-21-22-23-24-26-28-30-32-34-43-37(44)41(35-38(3,4)42-39(5,6)36-41)45-40(43,7)33-31-29-27-25-17-15-13-11-9-2/h42H,8-36H2,1-7H3. The minimum absolute atomic E-state index is 0.125. The summed E-state index contributed by atoms with van der Waals surface area (Å²) in [4.78, 5) is 16.5. The van der Waals surface area contributed by atoms with Gasteiger partial charge in [0.15, 0.2) is 5.60 Å². The molecule has 266 valence electrons. The Balaban J connectivity index is 1.74. The van der Waals surface area contributed by atoms with E-state index in [1.165, 1.54) is 148 Å². The number of nitrogens with zero attached hydrogens (tertiary/aromatic N) is 1. The maximum absolute atomic E-state index is 14.3. The molecule has 2 fully saturated rings. The Labute approximate surface area is 282 Å². The van der Waals surface area contributed by atoms with Gasteiger partial charge in [0.05, 0.1) is 0 Å². The van der Waals surface area contributed by atoms with Crippen LogP contribution < -0.4 is 5.32 Å². The number of nitrogens with one attached hydrogen (secondary N) is 1. The summed E-state index contributed by atoms with van der Waals surface area (Å²) < 4.78 is 7.06. The zero-order chi connectivity index (χ0) is 33.1. The molecule has 2 saturated heterocycles. The summed E-state index contributed by atoms with van der Waals surface area (Å²) in [7, 11) is 0. The molecule has 4 nitrogen and oxygen atoms in total. The summed E-state index contributed by atoms with van der Waals surface area (Å²) in [5.41, 5.74) is -1.42. The Hall–Kier alpha value is -0.610. The van der Waals surface area contributed by atoms with Gasteiger partial charge in [0.2, 0.25) is 0 Å². The van der Waals surface area contributed by atoms with Crippen LogP contribution in [-0.2, 0) is 9.53 Å². The maximum atomic E-state index is 14.3. The first kappa shape index (κ1) is 40.6. The Bertz CT molecular complexity index is 761. The SMILES string of the molecule is CCCCCCCCCCCCCCCCCCN1C(=O)C2(CC(C)(C)NC(C)(C)C2)OC1(C)CCCCCCCCCCC. The van der Waals surface area contributed by atoms with Crippen molar-refractivity contribution >= 4 is 5.91 Å². The first-order chi connectivity index (χ1) is 21.5. The van der Waals surface area contributed by atoms with E-state index < -0.39 is 11.3 Å². The zero-order valence-corrected chi connectivity index (χ0v) is 31.8. The van der Waals surface area contributed by atoms with Gasteiger partial charge in [-0.15, -0.1) is 0 Å². The highest BCUT2D eigenvalue weighted by molar-refractivity contribution is 5.88. The van der Waals surface area contributed by atoms with Gasteiger partial charge >= 0.3 is 0 Å². The molecule has 2 aliphatic rings. The molecule has 0 aromatic heterocycles. The third kappa shape index (κ3) is 15.4. The molecule has 0 aliphatic carbocycles. The largest absolute Gasteiger partial charge is 0.339 e. The van der Waals surface area contributed by atoms with Gasteiger partial charge in [0.25, 0.3) is 5.91 Å². The summed E-state index contributed by atoms with van der Waals surface area (Å²) in [5.74, 6) is 0.268. The lowest BCUT2D eigenvalue weighted by molar-refractivity contribution is -0.165. The summed E-state index contributed by atoms with van der Waals surface area (Å²) in [6.07, 6.45) is 36.4. The molecule has 2 rings (SSSR count). The molecule has 0 bridgehead atoms. The molecule has 1 amide bonds. The monoisotopic (exact) mass is 633 g/mol. The van der Waals surface area contributed by atoms with Crippen LogP contribution in [0.4, 0.5) is 0 Å². The molecule has 2 aliphatic heterocycles. The van der Waals surface area contributed by atoms with Crippen molar-refractivity contribution in [3.05, 3.63) is 0 Å². The van der Waals surface area contributed by atoms with E-state index in [0.717, 1.165) is 38.6 Å². The van der Waals surface area contributed by atoms with Gasteiger partial charge in [-0.1, -0.05) is 162 Å². The average molecular weight is 633 g/mol. The number of rotatable bonds is 27. The third-order valence-corrected chi connectivity index (χ3v) is 10.7. The Morgan fingerprint density at radius 1 is 0.533 bits per heavy atom. The molecule has 2 heterocycles. The van der Waals surface area contributed by atoms with Crippen LogP contribution in [0.25, 0.3) is 0 Å². The van der Waals surface area contributed by atoms with Crippen LogP contribution in [-0.4, -0.2) is 39.8 Å². The molecule has 0 aromatic carbocycles. The quantitative estimate of drug-likeness (QED) is 0.0916. The van der Waals surface area contributed by atoms with Crippen LogP contribution in [0, 0.1) is 0 Å². The fourth-order valence-electron chi connectivity index (χ4n) is 8.80. The molecule has 45 heavy (non-hydrogen) atoms. The van der Waals surface area contributed by atoms with E-state index in [2.05, 4.69) is 58.7 Å². The van der Waals surface area contributed by atoms with E-state index in [-0.39, 0.29) is 17.0 Å². The summed E-state index contributed by atoms with van der Waals surface area (Å²) in [6.45, 7) is 16.6. The lowest BCUT2D eigenvalue weighted by atomic mass is 9.72. The molecule has 4 heteroatoms. The second kappa shape index (κ2) is 21.4. The van der Waals surface area contributed by atoms with E-state index in [1.54, 1.807) is 0 Å². The smallest absolute Gasteiger partial charge is 0.257 e. The van der Waals surface area contributed by atoms with Crippen LogP contribution in [0.5, 0.6) is 0 Å². The van der Waals surface area contributed by atoms with Crippen LogP contribution in [0.2, 0.25) is 0 Å². The molecule has 1 atom stereocenters. The minimum Gasteiger partial charge on any atom is -0.339 e. The number of carbonyl (C=O) groups excluding carboxylic acids is 1. The van der Waals surface area contributed by atoms with Gasteiger partial charge in [-0.3, -0.25) is 4.79 Å². The molecule has 0 aromatic rings. The van der Waals surface area contributed by atoms with Crippen molar-refractivity contribution in [2.24, 2.45) is 0 Å². The molecule has 0 saturated carbocycles. The lowest BCUT2D eigenvalue weighted by Crippen LogP contribution is -2.65. The highest BCUT2D eigenvalue weighted by atomic mass is 16.6. The molecular weight excluding hydrogens is 552 g/mol. The van der Waals surface area contributed by atoms with Crippen LogP contribution >= 0.6 is 0 Å². The van der Waals surface area contributed by atoms with Gasteiger partial charge < -0.3 is 15.0 Å². The first-order valence-electron chi connectivity index (χ1n) is 20.3. The number of hydrogen-bond donors (Lipinski definition) is 1. The van der Waals surface area contributed by atoms with Crippen molar-refractivity contribution in [3.8, 4) is 0 Å². The van der Waals surface area contributed by atoms with E-state index in [0.29, 0.717) is 0 Å². The second-order valence-corrected chi connectivity index (χ2v) is 16.9. The van der Waals surface area contributed by atoms with Gasteiger partial charge in [0, 0.05) is 30.5 Å². The zero-order valence-electron chi connectivity index (χ0n) is 31.8. The molecule has 0 radical (unpaired) electrons. The minimum atomic E-state index is -0.693. The van der Waals surface area contributed by atoms with Gasteiger partial charge in [-0.25, -0.2) is 0 Å². The summed E-state index contributed by atoms with van der Waals surface area (Å²) in [6, 6.07) is 0. The van der Waals surface area contributed by atoms with Crippen LogP contribution in [0.1, 0.15) is 228 Å². The number of unbranched alkanes of at least 4 members (excludes halogenated alkanes) is 23. The van der Waals surface area contributed by atoms with Crippen molar-refractivity contribution in [1.82, 2.24) is 10.2 Å². The number of ether oxygens (including phenoxy) is 1. The lowest BCUT2D eigenvalue weighted by Gasteiger charge is -2.50. The second-order valence-electron chi connectivity index (χ2n) is 16.9. The highest BCUT2D eigenvalue weighted by Crippen LogP contribution is 2.49. The summed E-state index contributed by atoms with van der Waals surface area (Å²) >= 11 is 0. The van der Waals surface area contributed by atoms with Crippen molar-refractivity contribution in [2.45, 2.75) is 251 Å². The molecule has 1 unspecified atom stereocenters. The number of piperidine rings is 1. The average Bonchev–Trinajstić information content (AvgIpc) is 3.14. The predicted octanol–water partition coefficient (Wildman–Crippen LogP) is 12.4. The Morgan fingerprint density at radius 3 is 1.24 bits per heavy atom. The molecular formula is C41H80N2O2. The first-order valence-corrected chi connectivity index (χ1v) is 20.3. The van der Waals surface area contributed by atoms with E-state index in [1.807, 2.05) is 0 Å². The van der Waals surface area contributed by atoms with E-state index in [9.17, 15) is 4.79 Å². The molecule has 1 spiro atoms. The van der Waals surface area contributed by atoms with Gasteiger partial charge in [0.1, 0.15) is 5.72 Å². The highest BCUT2D eigenvalue weighted by Gasteiger charge is 2.62. The van der Waals surface area contributed by atoms with E-state index >= 15 is 0 Å².